The number of benzene rings is 1. The van der Waals surface area contributed by atoms with E-state index in [1.165, 1.54) is 18.9 Å². The Balaban J connectivity index is 2.39. The molecule has 2 N–H and O–H groups in total. The van der Waals surface area contributed by atoms with Crippen molar-refractivity contribution in [2.45, 2.75) is 31.2 Å². The fraction of sp³-hybridized carbons (Fsp3) is 0.538. The third-order valence-electron chi connectivity index (χ3n) is 3.50. The van der Waals surface area contributed by atoms with Gasteiger partial charge < -0.3 is 10.6 Å². The van der Waals surface area contributed by atoms with Crippen molar-refractivity contribution >= 4 is 5.69 Å². The van der Waals surface area contributed by atoms with E-state index in [2.05, 4.69) is 0 Å². The monoisotopic (exact) mass is 222 g/mol. The number of rotatable bonds is 2. The molecule has 0 saturated heterocycles. The Hall–Kier alpha value is -1.09. The van der Waals surface area contributed by atoms with E-state index >= 15 is 0 Å². The molecule has 1 aromatic rings. The standard InChI is InChI=1S/C13H19FN2/c1-16(2)12-9-10(5-6-11(12)14)13(15)7-3-4-8-13/h5-6,9H,3-4,7-8,15H2,1-2H3. The van der Waals surface area contributed by atoms with Gasteiger partial charge in [-0.2, -0.15) is 0 Å². The van der Waals surface area contributed by atoms with E-state index in [0.717, 1.165) is 18.4 Å². The summed E-state index contributed by atoms with van der Waals surface area (Å²) >= 11 is 0. The van der Waals surface area contributed by atoms with Crippen molar-refractivity contribution in [3.63, 3.8) is 0 Å². The van der Waals surface area contributed by atoms with Crippen molar-refractivity contribution in [2.75, 3.05) is 19.0 Å². The van der Waals surface area contributed by atoms with Crippen LogP contribution in [-0.2, 0) is 5.54 Å². The maximum Gasteiger partial charge on any atom is 0.146 e. The summed E-state index contributed by atoms with van der Waals surface area (Å²) in [5, 5.41) is 0. The molecule has 0 aromatic heterocycles. The van der Waals surface area contributed by atoms with Gasteiger partial charge in [-0.25, -0.2) is 4.39 Å². The average molecular weight is 222 g/mol. The lowest BCUT2D eigenvalue weighted by molar-refractivity contribution is 0.460. The minimum absolute atomic E-state index is 0.185. The van der Waals surface area contributed by atoms with Crippen LogP contribution in [0.15, 0.2) is 18.2 Å². The van der Waals surface area contributed by atoms with Crippen LogP contribution in [0.4, 0.5) is 10.1 Å². The zero-order valence-corrected chi connectivity index (χ0v) is 9.96. The Morgan fingerprint density at radius 1 is 1.25 bits per heavy atom. The highest BCUT2D eigenvalue weighted by atomic mass is 19.1. The molecular weight excluding hydrogens is 203 g/mol. The normalized spacial score (nSPS) is 18.8. The van der Waals surface area contributed by atoms with E-state index in [1.807, 2.05) is 26.2 Å². The molecule has 2 rings (SSSR count). The van der Waals surface area contributed by atoms with E-state index in [-0.39, 0.29) is 11.4 Å². The van der Waals surface area contributed by atoms with Crippen LogP contribution >= 0.6 is 0 Å². The number of nitrogens with two attached hydrogens (primary N) is 1. The summed E-state index contributed by atoms with van der Waals surface area (Å²) in [6, 6.07) is 5.24. The molecule has 0 aliphatic heterocycles. The van der Waals surface area contributed by atoms with Crippen molar-refractivity contribution in [3.05, 3.63) is 29.6 Å². The number of anilines is 1. The van der Waals surface area contributed by atoms with Crippen molar-refractivity contribution in [2.24, 2.45) is 5.73 Å². The number of hydrogen-bond donors (Lipinski definition) is 1. The minimum Gasteiger partial charge on any atom is -0.375 e. The number of halogens is 1. The van der Waals surface area contributed by atoms with Crippen molar-refractivity contribution in [1.29, 1.82) is 0 Å². The third kappa shape index (κ3) is 1.92. The van der Waals surface area contributed by atoms with Crippen LogP contribution in [0.25, 0.3) is 0 Å². The van der Waals surface area contributed by atoms with Gasteiger partial charge in [-0.15, -0.1) is 0 Å². The summed E-state index contributed by atoms with van der Waals surface area (Å²) in [6.45, 7) is 0. The molecule has 0 amide bonds. The van der Waals surface area contributed by atoms with Crippen LogP contribution in [0.5, 0.6) is 0 Å². The van der Waals surface area contributed by atoms with Gasteiger partial charge in [0, 0.05) is 19.6 Å². The molecule has 0 bridgehead atoms. The molecular formula is C13H19FN2. The van der Waals surface area contributed by atoms with Crippen LogP contribution < -0.4 is 10.6 Å². The van der Waals surface area contributed by atoms with Crippen molar-refractivity contribution < 1.29 is 4.39 Å². The summed E-state index contributed by atoms with van der Waals surface area (Å²) in [4.78, 5) is 1.79. The fourth-order valence-corrected chi connectivity index (χ4v) is 2.46. The van der Waals surface area contributed by atoms with Crippen molar-refractivity contribution in [1.82, 2.24) is 0 Å². The highest BCUT2D eigenvalue weighted by molar-refractivity contribution is 5.50. The lowest BCUT2D eigenvalue weighted by Gasteiger charge is -2.26. The summed E-state index contributed by atoms with van der Waals surface area (Å²) in [5.41, 5.74) is 7.81. The molecule has 1 aliphatic carbocycles. The second-order valence-corrected chi connectivity index (χ2v) is 4.92. The van der Waals surface area contributed by atoms with E-state index in [0.29, 0.717) is 5.69 Å². The molecule has 3 heteroatoms. The summed E-state index contributed by atoms with van der Waals surface area (Å²) < 4.78 is 13.5. The molecule has 0 unspecified atom stereocenters. The first-order chi connectivity index (χ1) is 7.53. The second-order valence-electron chi connectivity index (χ2n) is 4.92. The predicted octanol–water partition coefficient (Wildman–Crippen LogP) is 2.62. The first kappa shape index (κ1) is 11.4. The Kier molecular flexibility index (Phi) is 2.89. The second kappa shape index (κ2) is 4.06. The van der Waals surface area contributed by atoms with E-state index in [4.69, 9.17) is 5.73 Å². The Morgan fingerprint density at radius 2 is 1.88 bits per heavy atom. The molecule has 88 valence electrons. The van der Waals surface area contributed by atoms with Gasteiger partial charge in [-0.1, -0.05) is 18.9 Å². The fourth-order valence-electron chi connectivity index (χ4n) is 2.46. The zero-order chi connectivity index (χ0) is 11.8. The highest BCUT2D eigenvalue weighted by Crippen LogP contribution is 2.37. The van der Waals surface area contributed by atoms with Gasteiger partial charge in [-0.05, 0) is 30.5 Å². The van der Waals surface area contributed by atoms with Gasteiger partial charge in [0.2, 0.25) is 0 Å². The summed E-state index contributed by atoms with van der Waals surface area (Å²) in [5.74, 6) is -0.185. The number of nitrogens with zero attached hydrogens (tertiary/aromatic N) is 1. The average Bonchev–Trinajstić information content (AvgIpc) is 2.66. The van der Waals surface area contributed by atoms with Gasteiger partial charge in [0.25, 0.3) is 0 Å². The maximum absolute atomic E-state index is 13.5. The first-order valence-corrected chi connectivity index (χ1v) is 5.79. The van der Waals surface area contributed by atoms with Gasteiger partial charge >= 0.3 is 0 Å². The summed E-state index contributed by atoms with van der Waals surface area (Å²) in [7, 11) is 3.69. The minimum atomic E-state index is -0.238. The van der Waals surface area contributed by atoms with Crippen LogP contribution in [0.3, 0.4) is 0 Å². The van der Waals surface area contributed by atoms with E-state index in [1.54, 1.807) is 4.90 Å². The molecule has 16 heavy (non-hydrogen) atoms. The topological polar surface area (TPSA) is 29.3 Å². The molecule has 2 nitrogen and oxygen atoms in total. The first-order valence-electron chi connectivity index (χ1n) is 5.79. The van der Waals surface area contributed by atoms with Gasteiger partial charge in [0.1, 0.15) is 5.82 Å². The van der Waals surface area contributed by atoms with Crippen molar-refractivity contribution in [3.8, 4) is 0 Å². The Bertz CT molecular complexity index is 382. The highest BCUT2D eigenvalue weighted by Gasteiger charge is 2.31. The lowest BCUT2D eigenvalue weighted by Crippen LogP contribution is -2.33. The SMILES string of the molecule is CN(C)c1cc(C2(N)CCCC2)ccc1F. The van der Waals surface area contributed by atoms with Gasteiger partial charge in [0.15, 0.2) is 0 Å². The predicted molar refractivity (Wildman–Crippen MR) is 65.1 cm³/mol. The molecule has 1 aliphatic rings. The molecule has 0 radical (unpaired) electrons. The molecule has 1 fully saturated rings. The molecule has 1 aromatic carbocycles. The Labute approximate surface area is 96.2 Å². The Morgan fingerprint density at radius 3 is 2.44 bits per heavy atom. The quantitative estimate of drug-likeness (QED) is 0.833. The van der Waals surface area contributed by atoms with Crippen LogP contribution in [0.2, 0.25) is 0 Å². The van der Waals surface area contributed by atoms with E-state index in [9.17, 15) is 4.39 Å². The smallest absolute Gasteiger partial charge is 0.146 e. The van der Waals surface area contributed by atoms with Crippen LogP contribution in [0, 0.1) is 5.82 Å². The van der Waals surface area contributed by atoms with Crippen LogP contribution in [0.1, 0.15) is 31.2 Å². The lowest BCUT2D eigenvalue weighted by atomic mass is 9.89. The molecule has 0 atom stereocenters. The largest absolute Gasteiger partial charge is 0.375 e. The number of hydrogen-bond acceptors (Lipinski definition) is 2. The maximum atomic E-state index is 13.5. The molecule has 1 saturated carbocycles. The van der Waals surface area contributed by atoms with Gasteiger partial charge in [0.05, 0.1) is 5.69 Å². The summed E-state index contributed by atoms with van der Waals surface area (Å²) in [6.07, 6.45) is 4.35. The van der Waals surface area contributed by atoms with Crippen LogP contribution in [-0.4, -0.2) is 14.1 Å². The zero-order valence-electron chi connectivity index (χ0n) is 9.96. The molecule has 0 heterocycles. The third-order valence-corrected chi connectivity index (χ3v) is 3.50. The van der Waals surface area contributed by atoms with Gasteiger partial charge in [-0.3, -0.25) is 0 Å². The molecule has 0 spiro atoms. The van der Waals surface area contributed by atoms with E-state index < -0.39 is 0 Å².